The Kier molecular flexibility index (Phi) is 4.07. The number of carbonyl (C=O) groups is 1. The van der Waals surface area contributed by atoms with Crippen LogP contribution in [0.15, 0.2) is 41.4 Å². The first-order chi connectivity index (χ1) is 11.3. The predicted molar refractivity (Wildman–Crippen MR) is 85.6 cm³/mol. The molecular weight excluding hydrogens is 319 g/mol. The first kappa shape index (κ1) is 16.5. The smallest absolute Gasteiger partial charge is 0.475 e. The molecule has 1 saturated carbocycles. The van der Waals surface area contributed by atoms with Crippen molar-refractivity contribution in [3.05, 3.63) is 47.5 Å². The topological polar surface area (TPSA) is 49.7 Å². The summed E-state index contributed by atoms with van der Waals surface area (Å²) >= 11 is 0. The van der Waals surface area contributed by atoms with Gasteiger partial charge in [-0.3, -0.25) is 4.99 Å². The summed E-state index contributed by atoms with van der Waals surface area (Å²) in [7, 11) is 0. The van der Waals surface area contributed by atoms with Gasteiger partial charge in [0.15, 0.2) is 0 Å². The number of hydrogen-bond donors (Lipinski definition) is 1. The fourth-order valence-corrected chi connectivity index (χ4v) is 3.35. The van der Waals surface area contributed by atoms with Gasteiger partial charge in [-0.05, 0) is 29.2 Å². The minimum absolute atomic E-state index is 0.350. The standard InChI is InChI=1S/C16H15N.C2HF3O2/c1-4-12-5-2-7-14-15(12)13(6-1)10-17-11-16(14)8-3-9-16;3-2(4,5)1(6)7/h1-2,4-7,10H,3,8-9,11H2;(H,6,7). The zero-order valence-electron chi connectivity index (χ0n) is 12.8. The molecule has 4 rings (SSSR count). The van der Waals surface area contributed by atoms with Crippen LogP contribution in [0.1, 0.15) is 30.4 Å². The lowest BCUT2D eigenvalue weighted by molar-refractivity contribution is -0.192. The molecule has 0 bridgehead atoms. The Morgan fingerprint density at radius 3 is 2.29 bits per heavy atom. The molecule has 1 heterocycles. The third-order valence-corrected chi connectivity index (χ3v) is 4.69. The Morgan fingerprint density at radius 2 is 1.75 bits per heavy atom. The van der Waals surface area contributed by atoms with Gasteiger partial charge in [-0.2, -0.15) is 13.2 Å². The molecule has 1 aliphatic carbocycles. The van der Waals surface area contributed by atoms with Gasteiger partial charge in [-0.1, -0.05) is 42.8 Å². The summed E-state index contributed by atoms with van der Waals surface area (Å²) in [6, 6.07) is 13.3. The van der Waals surface area contributed by atoms with Gasteiger partial charge in [0, 0.05) is 23.7 Å². The molecule has 0 radical (unpaired) electrons. The highest BCUT2D eigenvalue weighted by Crippen LogP contribution is 2.47. The van der Waals surface area contributed by atoms with Gasteiger partial charge in [0.2, 0.25) is 0 Å². The second kappa shape index (κ2) is 5.92. The fraction of sp³-hybridized carbons (Fsp3) is 0.333. The summed E-state index contributed by atoms with van der Waals surface area (Å²) in [5, 5.41) is 9.93. The van der Waals surface area contributed by atoms with Crippen molar-refractivity contribution in [1.82, 2.24) is 0 Å². The zero-order valence-corrected chi connectivity index (χ0v) is 12.8. The summed E-state index contributed by atoms with van der Waals surface area (Å²) in [6.07, 6.45) is 0.947. The van der Waals surface area contributed by atoms with Crippen molar-refractivity contribution in [2.75, 3.05) is 6.54 Å². The highest BCUT2D eigenvalue weighted by atomic mass is 19.4. The SMILES string of the molecule is C1=NCC2(CCC2)c2cccc3cccc1c23.O=C(O)C(F)(F)F. The van der Waals surface area contributed by atoms with E-state index in [1.807, 2.05) is 0 Å². The number of rotatable bonds is 0. The van der Waals surface area contributed by atoms with E-state index in [-0.39, 0.29) is 0 Å². The number of aliphatic carboxylic acids is 1. The molecule has 2 aliphatic rings. The van der Waals surface area contributed by atoms with Crippen molar-refractivity contribution < 1.29 is 23.1 Å². The van der Waals surface area contributed by atoms with Crippen LogP contribution in [-0.4, -0.2) is 30.0 Å². The lowest BCUT2D eigenvalue weighted by Gasteiger charge is -2.41. The minimum atomic E-state index is -5.08. The van der Waals surface area contributed by atoms with Crippen molar-refractivity contribution >= 4 is 23.0 Å². The van der Waals surface area contributed by atoms with E-state index in [2.05, 4.69) is 47.6 Å². The summed E-state index contributed by atoms with van der Waals surface area (Å²) in [4.78, 5) is 13.6. The Morgan fingerprint density at radius 1 is 1.12 bits per heavy atom. The molecule has 1 spiro atoms. The third kappa shape index (κ3) is 2.88. The maximum atomic E-state index is 10.6. The first-order valence-electron chi connectivity index (χ1n) is 7.66. The number of hydrogen-bond acceptors (Lipinski definition) is 2. The van der Waals surface area contributed by atoms with E-state index in [1.165, 1.54) is 41.2 Å². The van der Waals surface area contributed by atoms with Crippen LogP contribution in [-0.2, 0) is 10.2 Å². The van der Waals surface area contributed by atoms with Crippen LogP contribution < -0.4 is 0 Å². The second-order valence-corrected chi connectivity index (χ2v) is 6.16. The van der Waals surface area contributed by atoms with E-state index < -0.39 is 12.1 Å². The molecule has 1 N–H and O–H groups in total. The van der Waals surface area contributed by atoms with Crippen molar-refractivity contribution in [3.63, 3.8) is 0 Å². The van der Waals surface area contributed by atoms with Gasteiger partial charge in [0.05, 0.1) is 0 Å². The Labute approximate surface area is 136 Å². The summed E-state index contributed by atoms with van der Waals surface area (Å²) in [6.45, 7) is 0.973. The maximum Gasteiger partial charge on any atom is 0.490 e. The number of benzene rings is 2. The zero-order chi connectivity index (χ0) is 17.4. The molecular formula is C18H16F3NO2. The Bertz CT molecular complexity index is 802. The molecule has 0 saturated heterocycles. The van der Waals surface area contributed by atoms with Crippen LogP contribution in [0.4, 0.5) is 13.2 Å². The van der Waals surface area contributed by atoms with Gasteiger partial charge in [-0.25, -0.2) is 4.79 Å². The number of nitrogens with zero attached hydrogens (tertiary/aromatic N) is 1. The number of aliphatic imine (C=N–C) groups is 1. The molecule has 126 valence electrons. The Balaban J connectivity index is 0.000000209. The second-order valence-electron chi connectivity index (χ2n) is 6.16. The van der Waals surface area contributed by atoms with Crippen LogP contribution in [0, 0.1) is 0 Å². The van der Waals surface area contributed by atoms with Crippen LogP contribution >= 0.6 is 0 Å². The normalized spacial score (nSPS) is 17.6. The highest BCUT2D eigenvalue weighted by Gasteiger charge is 2.40. The van der Waals surface area contributed by atoms with E-state index in [0.29, 0.717) is 5.41 Å². The average molecular weight is 335 g/mol. The molecule has 6 heteroatoms. The van der Waals surface area contributed by atoms with Gasteiger partial charge in [-0.15, -0.1) is 0 Å². The number of fused-ring (bicyclic) bond motifs is 1. The van der Waals surface area contributed by atoms with Crippen LogP contribution in [0.3, 0.4) is 0 Å². The molecule has 2 aromatic carbocycles. The molecule has 3 nitrogen and oxygen atoms in total. The quantitative estimate of drug-likeness (QED) is 0.779. The monoisotopic (exact) mass is 335 g/mol. The fourth-order valence-electron chi connectivity index (χ4n) is 3.35. The number of alkyl halides is 3. The van der Waals surface area contributed by atoms with Crippen molar-refractivity contribution in [2.24, 2.45) is 4.99 Å². The summed E-state index contributed by atoms with van der Waals surface area (Å²) < 4.78 is 31.7. The first-order valence-corrected chi connectivity index (χ1v) is 7.66. The molecule has 0 unspecified atom stereocenters. The highest BCUT2D eigenvalue weighted by molar-refractivity contribution is 6.02. The minimum Gasteiger partial charge on any atom is -0.475 e. The van der Waals surface area contributed by atoms with E-state index in [1.54, 1.807) is 0 Å². The molecule has 0 amide bonds. The third-order valence-electron chi connectivity index (χ3n) is 4.69. The lowest BCUT2D eigenvalue weighted by Crippen LogP contribution is -2.37. The van der Waals surface area contributed by atoms with Crippen molar-refractivity contribution in [3.8, 4) is 0 Å². The summed E-state index contributed by atoms with van der Waals surface area (Å²) in [5.74, 6) is -2.76. The molecule has 24 heavy (non-hydrogen) atoms. The van der Waals surface area contributed by atoms with Gasteiger partial charge >= 0.3 is 12.1 Å². The average Bonchev–Trinajstić information content (AvgIpc) is 2.66. The van der Waals surface area contributed by atoms with Crippen LogP contribution in [0.2, 0.25) is 0 Å². The van der Waals surface area contributed by atoms with Gasteiger partial charge < -0.3 is 5.11 Å². The Hall–Kier alpha value is -2.37. The predicted octanol–water partition coefficient (Wildman–Crippen LogP) is 4.33. The van der Waals surface area contributed by atoms with Crippen molar-refractivity contribution in [2.45, 2.75) is 30.9 Å². The van der Waals surface area contributed by atoms with Gasteiger partial charge in [0.1, 0.15) is 0 Å². The molecule has 1 fully saturated rings. The summed E-state index contributed by atoms with van der Waals surface area (Å²) in [5.41, 5.74) is 3.18. The number of carboxylic acids is 1. The van der Waals surface area contributed by atoms with Crippen LogP contribution in [0.5, 0.6) is 0 Å². The van der Waals surface area contributed by atoms with E-state index in [4.69, 9.17) is 9.90 Å². The van der Waals surface area contributed by atoms with E-state index in [9.17, 15) is 13.2 Å². The molecule has 2 aromatic rings. The van der Waals surface area contributed by atoms with Crippen molar-refractivity contribution in [1.29, 1.82) is 0 Å². The van der Waals surface area contributed by atoms with E-state index >= 15 is 0 Å². The maximum absolute atomic E-state index is 10.6. The number of halogens is 3. The molecule has 1 aliphatic heterocycles. The number of carboxylic acid groups (broad SMARTS) is 1. The molecule has 0 aromatic heterocycles. The molecule has 0 atom stereocenters. The van der Waals surface area contributed by atoms with Crippen LogP contribution in [0.25, 0.3) is 10.8 Å². The lowest BCUT2D eigenvalue weighted by atomic mass is 9.63. The largest absolute Gasteiger partial charge is 0.490 e. The van der Waals surface area contributed by atoms with Gasteiger partial charge in [0.25, 0.3) is 0 Å². The van der Waals surface area contributed by atoms with E-state index in [0.717, 1.165) is 6.54 Å².